The Labute approximate surface area is 118 Å². The van der Waals surface area contributed by atoms with Crippen LogP contribution in [0.5, 0.6) is 0 Å². The number of nitrogens with zero attached hydrogens (tertiary/aromatic N) is 2. The van der Waals surface area contributed by atoms with Crippen molar-refractivity contribution in [1.29, 1.82) is 0 Å². The summed E-state index contributed by atoms with van der Waals surface area (Å²) >= 11 is 0. The molecule has 0 saturated carbocycles. The molecule has 0 aliphatic carbocycles. The smallest absolute Gasteiger partial charge is 0.269 e. The molecule has 0 atom stereocenters. The molecule has 1 aliphatic rings. The summed E-state index contributed by atoms with van der Waals surface area (Å²) in [6.45, 7) is 0.783. The summed E-state index contributed by atoms with van der Waals surface area (Å²) in [6.07, 6.45) is 4.70. The van der Waals surface area contributed by atoms with Crippen LogP contribution in [0, 0.1) is 0 Å². The summed E-state index contributed by atoms with van der Waals surface area (Å²) < 4.78 is 0. The van der Waals surface area contributed by atoms with Gasteiger partial charge in [0.05, 0.1) is 7.11 Å². The number of rotatable bonds is 4. The van der Waals surface area contributed by atoms with Crippen molar-refractivity contribution in [3.63, 3.8) is 0 Å². The van der Waals surface area contributed by atoms with E-state index >= 15 is 0 Å². The van der Waals surface area contributed by atoms with Crippen LogP contribution in [0.2, 0.25) is 0 Å². The molecule has 1 aliphatic heterocycles. The van der Waals surface area contributed by atoms with Crippen LogP contribution in [0.15, 0.2) is 30.3 Å². The fourth-order valence-corrected chi connectivity index (χ4v) is 2.05. The first-order valence-electron chi connectivity index (χ1n) is 6.52. The van der Waals surface area contributed by atoms with E-state index in [0.29, 0.717) is 6.42 Å². The maximum absolute atomic E-state index is 11.6. The first kappa shape index (κ1) is 14.3. The Balaban J connectivity index is 2.03. The van der Waals surface area contributed by atoms with Crippen molar-refractivity contribution in [1.82, 2.24) is 5.06 Å². The summed E-state index contributed by atoms with van der Waals surface area (Å²) in [4.78, 5) is 29.7. The number of benzene rings is 1. The highest BCUT2D eigenvalue weighted by atomic mass is 16.7. The summed E-state index contributed by atoms with van der Waals surface area (Å²) in [5.41, 5.74) is 1.81. The monoisotopic (exact) mass is 274 g/mol. The zero-order valence-corrected chi connectivity index (χ0v) is 11.7. The molecule has 2 amide bonds. The molecule has 0 bridgehead atoms. The number of hydrogen-bond acceptors (Lipinski definition) is 3. The van der Waals surface area contributed by atoms with Gasteiger partial charge in [-0.2, -0.15) is 0 Å². The number of amides is 2. The van der Waals surface area contributed by atoms with Gasteiger partial charge in [-0.25, -0.2) is 5.06 Å². The molecule has 0 N–H and O–H groups in total. The number of anilines is 1. The molecule has 5 nitrogen and oxygen atoms in total. The Kier molecular flexibility index (Phi) is 4.53. The molecule has 1 fully saturated rings. The van der Waals surface area contributed by atoms with Gasteiger partial charge in [-0.3, -0.25) is 14.4 Å². The van der Waals surface area contributed by atoms with Crippen LogP contribution in [0.1, 0.15) is 18.4 Å². The van der Waals surface area contributed by atoms with Crippen molar-refractivity contribution in [3.05, 3.63) is 35.9 Å². The van der Waals surface area contributed by atoms with Crippen molar-refractivity contribution in [2.75, 3.05) is 25.6 Å². The number of carbonyl (C=O) groups is 2. The molecule has 106 valence electrons. The zero-order chi connectivity index (χ0) is 14.5. The average molecular weight is 274 g/mol. The third-order valence-corrected chi connectivity index (χ3v) is 3.28. The lowest BCUT2D eigenvalue weighted by Gasteiger charge is -2.15. The molecular formula is C15H18N2O3. The second-order valence-electron chi connectivity index (χ2n) is 4.59. The second kappa shape index (κ2) is 6.34. The van der Waals surface area contributed by atoms with Gasteiger partial charge in [-0.05, 0) is 30.2 Å². The molecule has 1 saturated heterocycles. The number of likely N-dealkylation sites (N-methyl/N-ethyl adjacent to an activating group) is 1. The van der Waals surface area contributed by atoms with E-state index in [1.807, 2.05) is 24.3 Å². The Bertz CT molecular complexity index is 522. The standard InChI is InChI=1S/C15H18N2O3/c1-16(20-2)14(18)10-7-12-5-8-13(9-6-12)17-11-3-4-15(17)19/h5-10H,3-4,11H2,1-2H3/b10-7+. The van der Waals surface area contributed by atoms with E-state index in [1.165, 1.54) is 13.2 Å². The first-order valence-corrected chi connectivity index (χ1v) is 6.52. The molecular weight excluding hydrogens is 256 g/mol. The van der Waals surface area contributed by atoms with E-state index in [4.69, 9.17) is 4.84 Å². The van der Waals surface area contributed by atoms with E-state index in [9.17, 15) is 9.59 Å². The number of hydroxylamine groups is 2. The van der Waals surface area contributed by atoms with Crippen LogP contribution in [-0.2, 0) is 14.4 Å². The lowest BCUT2D eigenvalue weighted by Crippen LogP contribution is -2.23. The molecule has 5 heteroatoms. The Morgan fingerprint density at radius 1 is 1.35 bits per heavy atom. The summed E-state index contributed by atoms with van der Waals surface area (Å²) in [6, 6.07) is 7.57. The predicted molar refractivity (Wildman–Crippen MR) is 76.8 cm³/mol. The maximum Gasteiger partial charge on any atom is 0.269 e. The number of carbonyl (C=O) groups excluding carboxylic acids is 2. The molecule has 1 heterocycles. The van der Waals surface area contributed by atoms with Crippen LogP contribution in [-0.4, -0.2) is 37.6 Å². The number of hydrogen-bond donors (Lipinski definition) is 0. The molecule has 1 aromatic carbocycles. The van der Waals surface area contributed by atoms with Crippen LogP contribution < -0.4 is 4.90 Å². The summed E-state index contributed by atoms with van der Waals surface area (Å²) in [5, 5.41) is 1.15. The van der Waals surface area contributed by atoms with Gasteiger partial charge in [-0.1, -0.05) is 12.1 Å². The topological polar surface area (TPSA) is 49.9 Å². The average Bonchev–Trinajstić information content (AvgIpc) is 2.90. The highest BCUT2D eigenvalue weighted by molar-refractivity contribution is 5.95. The van der Waals surface area contributed by atoms with E-state index < -0.39 is 0 Å². The molecule has 2 rings (SSSR count). The SMILES string of the molecule is CON(C)C(=O)/C=C/c1ccc(N2CCCC2=O)cc1. The van der Waals surface area contributed by atoms with E-state index in [-0.39, 0.29) is 11.8 Å². The molecule has 0 unspecified atom stereocenters. The second-order valence-corrected chi connectivity index (χ2v) is 4.59. The van der Waals surface area contributed by atoms with Crippen LogP contribution in [0.25, 0.3) is 6.08 Å². The lowest BCUT2D eigenvalue weighted by molar-refractivity contribution is -0.162. The predicted octanol–water partition coefficient (Wildman–Crippen LogP) is 1.85. The van der Waals surface area contributed by atoms with Crippen molar-refractivity contribution >= 4 is 23.6 Å². The van der Waals surface area contributed by atoms with Gasteiger partial charge in [0.1, 0.15) is 0 Å². The third kappa shape index (κ3) is 3.24. The minimum absolute atomic E-state index is 0.171. The van der Waals surface area contributed by atoms with Gasteiger partial charge in [0.2, 0.25) is 5.91 Å². The van der Waals surface area contributed by atoms with Gasteiger partial charge in [0.25, 0.3) is 5.91 Å². The van der Waals surface area contributed by atoms with Crippen LogP contribution in [0.4, 0.5) is 5.69 Å². The van der Waals surface area contributed by atoms with Gasteiger partial charge in [-0.15, -0.1) is 0 Å². The fourth-order valence-electron chi connectivity index (χ4n) is 2.05. The van der Waals surface area contributed by atoms with E-state index in [0.717, 1.165) is 29.3 Å². The van der Waals surface area contributed by atoms with Crippen LogP contribution >= 0.6 is 0 Å². The normalized spacial score (nSPS) is 15.1. The summed E-state index contributed by atoms with van der Waals surface area (Å²) in [5.74, 6) is -0.0588. The summed E-state index contributed by atoms with van der Waals surface area (Å²) in [7, 11) is 2.99. The van der Waals surface area contributed by atoms with Gasteiger partial charge in [0, 0.05) is 31.8 Å². The molecule has 1 aromatic rings. The Morgan fingerprint density at radius 3 is 2.60 bits per heavy atom. The van der Waals surface area contributed by atoms with Crippen molar-refractivity contribution < 1.29 is 14.4 Å². The van der Waals surface area contributed by atoms with E-state index in [1.54, 1.807) is 18.0 Å². The van der Waals surface area contributed by atoms with Crippen molar-refractivity contribution in [2.24, 2.45) is 0 Å². The quantitative estimate of drug-likeness (QED) is 0.622. The van der Waals surface area contributed by atoms with Crippen molar-refractivity contribution in [3.8, 4) is 0 Å². The van der Waals surface area contributed by atoms with Crippen molar-refractivity contribution in [2.45, 2.75) is 12.8 Å². The minimum atomic E-state index is -0.230. The van der Waals surface area contributed by atoms with Gasteiger partial charge >= 0.3 is 0 Å². The lowest BCUT2D eigenvalue weighted by atomic mass is 10.2. The largest absolute Gasteiger partial charge is 0.312 e. The fraction of sp³-hybridized carbons (Fsp3) is 0.333. The highest BCUT2D eigenvalue weighted by Crippen LogP contribution is 2.21. The van der Waals surface area contributed by atoms with Crippen LogP contribution in [0.3, 0.4) is 0 Å². The third-order valence-electron chi connectivity index (χ3n) is 3.28. The highest BCUT2D eigenvalue weighted by Gasteiger charge is 2.21. The molecule has 20 heavy (non-hydrogen) atoms. The van der Waals surface area contributed by atoms with Gasteiger partial charge in [0.15, 0.2) is 0 Å². The first-order chi connectivity index (χ1) is 9.61. The Morgan fingerprint density at radius 2 is 2.05 bits per heavy atom. The zero-order valence-electron chi connectivity index (χ0n) is 11.7. The molecule has 0 aromatic heterocycles. The molecule has 0 radical (unpaired) electrons. The van der Waals surface area contributed by atoms with Gasteiger partial charge < -0.3 is 4.90 Å². The maximum atomic E-state index is 11.6. The van der Waals surface area contributed by atoms with E-state index in [2.05, 4.69) is 0 Å². The Hall–Kier alpha value is -2.14. The minimum Gasteiger partial charge on any atom is -0.312 e. The molecule has 0 spiro atoms.